The molecule has 0 radical (unpaired) electrons. The van der Waals surface area contributed by atoms with Crippen molar-refractivity contribution in [3.05, 3.63) is 48.2 Å². The van der Waals surface area contributed by atoms with Crippen LogP contribution in [0.4, 0.5) is 13.2 Å². The quantitative estimate of drug-likeness (QED) is 0.293. The molecule has 1 aromatic carbocycles. The third kappa shape index (κ3) is 7.45. The van der Waals surface area contributed by atoms with Crippen LogP contribution in [0.25, 0.3) is 0 Å². The summed E-state index contributed by atoms with van der Waals surface area (Å²) in [6, 6.07) is 8.51. The highest BCUT2D eigenvalue weighted by Gasteiger charge is 2.37. The Labute approximate surface area is 180 Å². The number of carbonyl (C=O) groups excluding carboxylic acids is 1. The first kappa shape index (κ1) is 24.5. The Morgan fingerprint density at radius 3 is 2.16 bits per heavy atom. The number of pyridine rings is 1. The van der Waals surface area contributed by atoms with Gasteiger partial charge in [0.2, 0.25) is 11.5 Å². The Morgan fingerprint density at radius 2 is 1.61 bits per heavy atom. The van der Waals surface area contributed by atoms with Crippen LogP contribution in [0.5, 0.6) is 17.4 Å². The van der Waals surface area contributed by atoms with E-state index in [1.54, 1.807) is 31.2 Å². The molecule has 5 nitrogen and oxygen atoms in total. The van der Waals surface area contributed by atoms with E-state index in [2.05, 4.69) is 4.98 Å². The zero-order valence-corrected chi connectivity index (χ0v) is 18.0. The van der Waals surface area contributed by atoms with E-state index in [0.717, 1.165) is 44.0 Å². The summed E-state index contributed by atoms with van der Waals surface area (Å²) in [6.45, 7) is 6.12. The molecule has 0 saturated heterocycles. The fourth-order valence-corrected chi connectivity index (χ4v) is 2.74. The number of hydrogen-bond acceptors (Lipinski definition) is 5. The van der Waals surface area contributed by atoms with Crippen LogP contribution in [0.1, 0.15) is 58.4 Å². The van der Waals surface area contributed by atoms with E-state index in [1.807, 2.05) is 13.8 Å². The minimum Gasteiger partial charge on any atom is -0.476 e. The van der Waals surface area contributed by atoms with Crippen molar-refractivity contribution in [3.8, 4) is 17.4 Å². The van der Waals surface area contributed by atoms with Gasteiger partial charge in [-0.3, -0.25) is 0 Å². The number of carbonyl (C=O) groups is 1. The van der Waals surface area contributed by atoms with Crippen molar-refractivity contribution in [3.63, 3.8) is 0 Å². The Hall–Kier alpha value is -2.77. The van der Waals surface area contributed by atoms with Gasteiger partial charge in [-0.15, -0.1) is 0 Å². The lowest BCUT2D eigenvalue weighted by atomic mass is 9.98. The molecule has 0 bridgehead atoms. The maximum atomic E-state index is 12.6. The number of halogens is 3. The highest BCUT2D eigenvalue weighted by atomic mass is 19.4. The molecule has 31 heavy (non-hydrogen) atoms. The maximum absolute atomic E-state index is 12.6. The number of unbranched alkanes of at least 4 members (excludes halogenated alkanes) is 2. The minimum absolute atomic E-state index is 0.0361. The molecule has 1 heterocycles. The molecule has 170 valence electrons. The van der Waals surface area contributed by atoms with Crippen molar-refractivity contribution in [2.24, 2.45) is 0 Å². The summed E-state index contributed by atoms with van der Waals surface area (Å²) in [7, 11) is 0. The molecule has 8 heteroatoms. The first-order chi connectivity index (χ1) is 14.7. The van der Waals surface area contributed by atoms with E-state index < -0.39 is 23.3 Å². The molecule has 1 unspecified atom stereocenters. The Morgan fingerprint density at radius 1 is 0.968 bits per heavy atom. The molecular formula is C23H28F3NO4. The molecular weight excluding hydrogens is 411 g/mol. The SMILES string of the molecule is CCCCOC(=O)C(C)(CCCC)Oc1ccc(Oc2ccc(C(F)(F)F)cn2)cc1. The average molecular weight is 439 g/mol. The second-order valence-corrected chi connectivity index (χ2v) is 7.38. The Balaban J connectivity index is 2.05. The van der Waals surface area contributed by atoms with Crippen LogP contribution in [0.15, 0.2) is 42.6 Å². The van der Waals surface area contributed by atoms with E-state index in [4.69, 9.17) is 14.2 Å². The van der Waals surface area contributed by atoms with Crippen molar-refractivity contribution >= 4 is 5.97 Å². The number of rotatable bonds is 11. The van der Waals surface area contributed by atoms with Gasteiger partial charge >= 0.3 is 12.1 Å². The molecule has 2 rings (SSSR count). The number of benzene rings is 1. The van der Waals surface area contributed by atoms with Crippen molar-refractivity contribution in [1.29, 1.82) is 0 Å². The van der Waals surface area contributed by atoms with Gasteiger partial charge in [0.15, 0.2) is 0 Å². The molecule has 1 atom stereocenters. The van der Waals surface area contributed by atoms with E-state index in [-0.39, 0.29) is 5.88 Å². The average Bonchev–Trinajstić information content (AvgIpc) is 2.73. The van der Waals surface area contributed by atoms with Gasteiger partial charge in [-0.25, -0.2) is 9.78 Å². The second-order valence-electron chi connectivity index (χ2n) is 7.38. The van der Waals surface area contributed by atoms with Gasteiger partial charge in [0, 0.05) is 12.3 Å². The Kier molecular flexibility index (Phi) is 8.71. The largest absolute Gasteiger partial charge is 0.476 e. The first-order valence-corrected chi connectivity index (χ1v) is 10.4. The summed E-state index contributed by atoms with van der Waals surface area (Å²) in [4.78, 5) is 16.3. The molecule has 0 aliphatic rings. The zero-order chi connectivity index (χ0) is 22.9. The molecule has 0 aliphatic carbocycles. The van der Waals surface area contributed by atoms with Crippen LogP contribution in [0.3, 0.4) is 0 Å². The van der Waals surface area contributed by atoms with E-state index >= 15 is 0 Å². The molecule has 0 amide bonds. The zero-order valence-electron chi connectivity index (χ0n) is 18.0. The van der Waals surface area contributed by atoms with Gasteiger partial charge in [0.1, 0.15) is 11.5 Å². The minimum atomic E-state index is -4.45. The third-order valence-electron chi connectivity index (χ3n) is 4.62. The van der Waals surface area contributed by atoms with Crippen LogP contribution >= 0.6 is 0 Å². The summed E-state index contributed by atoms with van der Waals surface area (Å²) < 4.78 is 54.7. The van der Waals surface area contributed by atoms with Crippen LogP contribution in [-0.2, 0) is 15.7 Å². The normalized spacial score (nSPS) is 13.4. The van der Waals surface area contributed by atoms with Gasteiger partial charge < -0.3 is 14.2 Å². The maximum Gasteiger partial charge on any atom is 0.417 e. The number of esters is 1. The lowest BCUT2D eigenvalue weighted by Crippen LogP contribution is -2.43. The van der Waals surface area contributed by atoms with E-state index in [0.29, 0.717) is 24.5 Å². The van der Waals surface area contributed by atoms with Crippen LogP contribution < -0.4 is 9.47 Å². The second kappa shape index (κ2) is 11.0. The predicted octanol–water partition coefficient (Wildman–Crippen LogP) is 6.56. The number of hydrogen-bond donors (Lipinski definition) is 0. The standard InChI is InChI=1S/C23H28F3NO4/c1-4-6-14-22(3,21(28)29-15-7-5-2)31-19-11-9-18(10-12-19)30-20-13-8-17(16-27-20)23(24,25)26/h8-13,16H,4-7,14-15H2,1-3H3. The van der Waals surface area contributed by atoms with Gasteiger partial charge in [-0.1, -0.05) is 26.7 Å². The first-order valence-electron chi connectivity index (χ1n) is 10.4. The molecule has 2 aromatic rings. The monoisotopic (exact) mass is 439 g/mol. The lowest BCUT2D eigenvalue weighted by Gasteiger charge is -2.28. The smallest absolute Gasteiger partial charge is 0.417 e. The van der Waals surface area contributed by atoms with Gasteiger partial charge in [-0.2, -0.15) is 13.2 Å². The van der Waals surface area contributed by atoms with Crippen LogP contribution in [0, 0.1) is 0 Å². The number of nitrogens with zero attached hydrogens (tertiary/aromatic N) is 1. The molecule has 1 aromatic heterocycles. The summed E-state index contributed by atoms with van der Waals surface area (Å²) in [5.41, 5.74) is -1.96. The van der Waals surface area contributed by atoms with Crippen LogP contribution in [-0.4, -0.2) is 23.2 Å². The van der Waals surface area contributed by atoms with Crippen molar-refractivity contribution in [2.75, 3.05) is 6.61 Å². The van der Waals surface area contributed by atoms with Gasteiger partial charge in [0.25, 0.3) is 0 Å². The predicted molar refractivity (Wildman–Crippen MR) is 110 cm³/mol. The number of ether oxygens (including phenoxy) is 3. The highest BCUT2D eigenvalue weighted by molar-refractivity contribution is 5.79. The third-order valence-corrected chi connectivity index (χ3v) is 4.62. The number of alkyl halides is 3. The summed E-state index contributed by atoms with van der Waals surface area (Å²) in [6.07, 6.45) is 0.216. The topological polar surface area (TPSA) is 57.7 Å². The lowest BCUT2D eigenvalue weighted by molar-refractivity contribution is -0.161. The molecule has 0 spiro atoms. The molecule has 0 N–H and O–H groups in total. The summed E-state index contributed by atoms with van der Waals surface area (Å²) >= 11 is 0. The van der Waals surface area contributed by atoms with Crippen LogP contribution in [0.2, 0.25) is 0 Å². The summed E-state index contributed by atoms with van der Waals surface area (Å²) in [5.74, 6) is 0.469. The molecule has 0 saturated carbocycles. The van der Waals surface area contributed by atoms with Gasteiger partial charge in [0.05, 0.1) is 12.2 Å². The summed E-state index contributed by atoms with van der Waals surface area (Å²) in [5, 5.41) is 0. The van der Waals surface area contributed by atoms with Crippen molar-refractivity contribution < 1.29 is 32.2 Å². The van der Waals surface area contributed by atoms with E-state index in [1.165, 1.54) is 0 Å². The van der Waals surface area contributed by atoms with Gasteiger partial charge in [-0.05, 0) is 56.5 Å². The molecule has 0 fully saturated rings. The van der Waals surface area contributed by atoms with Crippen molar-refractivity contribution in [2.45, 2.75) is 64.7 Å². The number of aromatic nitrogens is 1. The highest BCUT2D eigenvalue weighted by Crippen LogP contribution is 2.31. The Bertz CT molecular complexity index is 822. The fraction of sp³-hybridized carbons (Fsp3) is 0.478. The molecule has 0 aliphatic heterocycles. The fourth-order valence-electron chi connectivity index (χ4n) is 2.74. The van der Waals surface area contributed by atoms with Crippen molar-refractivity contribution in [1.82, 2.24) is 4.98 Å². The van der Waals surface area contributed by atoms with E-state index in [9.17, 15) is 18.0 Å².